The summed E-state index contributed by atoms with van der Waals surface area (Å²) in [6, 6.07) is 17.2. The van der Waals surface area contributed by atoms with Gasteiger partial charge in [-0.05, 0) is 53.3 Å². The Labute approximate surface area is 238 Å². The molecule has 1 heterocycles. The summed E-state index contributed by atoms with van der Waals surface area (Å²) < 4.78 is 11.0. The molecule has 1 amide bonds. The van der Waals surface area contributed by atoms with Gasteiger partial charge in [0, 0.05) is 11.6 Å². The second-order valence-corrected chi connectivity index (χ2v) is 11.2. The minimum Gasteiger partial charge on any atom is -0.507 e. The Balaban J connectivity index is 1.90. The molecule has 6 nitrogen and oxygen atoms in total. The molecule has 3 aromatic rings. The van der Waals surface area contributed by atoms with Gasteiger partial charge in [0.2, 0.25) is 0 Å². The maximum absolute atomic E-state index is 13.5. The number of carbonyl (C=O) groups is 2. The Morgan fingerprint density at radius 1 is 1.03 bits per heavy atom. The molecule has 1 atom stereocenters. The lowest BCUT2D eigenvalue weighted by atomic mass is 9.85. The summed E-state index contributed by atoms with van der Waals surface area (Å²) in [5.41, 5.74) is 2.52. The number of likely N-dealkylation sites (tertiary alicyclic amines) is 1. The van der Waals surface area contributed by atoms with E-state index in [0.717, 1.165) is 11.1 Å². The number of ketones is 1. The lowest BCUT2D eigenvalue weighted by Crippen LogP contribution is -2.29. The standard InChI is InChI=1S/C31H31Cl2NO5/c1-6-39-22-9-7-8-18(14-22)17-34-26(19-10-12-20(13-11-19)31(2,3)4)25(28(36)30(34)37)27(35)23-15-21(32)16-24(33)29(23)38-5/h7-16,26,35H,6,17H2,1-5H3/b27-25+. The van der Waals surface area contributed by atoms with E-state index in [0.29, 0.717) is 17.9 Å². The molecule has 8 heteroatoms. The number of aliphatic hydroxyl groups excluding tert-OH is 1. The van der Waals surface area contributed by atoms with Crippen molar-refractivity contribution in [2.24, 2.45) is 0 Å². The Morgan fingerprint density at radius 2 is 1.72 bits per heavy atom. The van der Waals surface area contributed by atoms with Crippen LogP contribution in [0.15, 0.2) is 66.2 Å². The lowest BCUT2D eigenvalue weighted by molar-refractivity contribution is -0.140. The topological polar surface area (TPSA) is 76.1 Å². The van der Waals surface area contributed by atoms with Crippen molar-refractivity contribution < 1.29 is 24.2 Å². The van der Waals surface area contributed by atoms with Crippen molar-refractivity contribution in [3.63, 3.8) is 0 Å². The normalized spacial score (nSPS) is 17.0. The second-order valence-electron chi connectivity index (χ2n) is 10.3. The van der Waals surface area contributed by atoms with E-state index in [2.05, 4.69) is 20.8 Å². The number of methoxy groups -OCH3 is 1. The molecule has 1 aliphatic rings. The number of benzene rings is 3. The number of rotatable bonds is 7. The van der Waals surface area contributed by atoms with Crippen molar-refractivity contribution in [1.29, 1.82) is 0 Å². The van der Waals surface area contributed by atoms with Gasteiger partial charge < -0.3 is 19.5 Å². The van der Waals surface area contributed by atoms with Crippen LogP contribution in [0.2, 0.25) is 10.0 Å². The van der Waals surface area contributed by atoms with Gasteiger partial charge in [-0.25, -0.2) is 0 Å². The number of hydrogen-bond donors (Lipinski definition) is 1. The fourth-order valence-electron chi connectivity index (χ4n) is 4.74. The highest BCUT2D eigenvalue weighted by atomic mass is 35.5. The zero-order chi connectivity index (χ0) is 28.5. The third-order valence-corrected chi connectivity index (χ3v) is 7.16. The zero-order valence-corrected chi connectivity index (χ0v) is 24.1. The fourth-order valence-corrected chi connectivity index (χ4v) is 5.31. The molecule has 1 saturated heterocycles. The molecular weight excluding hydrogens is 537 g/mol. The summed E-state index contributed by atoms with van der Waals surface area (Å²) in [6.45, 7) is 8.83. The van der Waals surface area contributed by atoms with E-state index in [1.54, 1.807) is 0 Å². The third kappa shape index (κ3) is 5.77. The van der Waals surface area contributed by atoms with E-state index in [9.17, 15) is 14.7 Å². The van der Waals surface area contributed by atoms with Gasteiger partial charge in [0.05, 0.1) is 35.9 Å². The minimum absolute atomic E-state index is 0.0684. The van der Waals surface area contributed by atoms with Gasteiger partial charge in [-0.2, -0.15) is 0 Å². The Kier molecular flexibility index (Phi) is 8.28. The van der Waals surface area contributed by atoms with E-state index in [4.69, 9.17) is 32.7 Å². The van der Waals surface area contributed by atoms with Crippen molar-refractivity contribution in [1.82, 2.24) is 4.90 Å². The number of carbonyl (C=O) groups excluding carboxylic acids is 2. The van der Waals surface area contributed by atoms with E-state index in [1.165, 1.54) is 24.1 Å². The van der Waals surface area contributed by atoms with Gasteiger partial charge in [-0.3, -0.25) is 9.59 Å². The Bertz CT molecular complexity index is 1440. The van der Waals surface area contributed by atoms with Gasteiger partial charge in [0.15, 0.2) is 0 Å². The van der Waals surface area contributed by atoms with E-state index >= 15 is 0 Å². The van der Waals surface area contributed by atoms with Crippen LogP contribution in [0.5, 0.6) is 11.5 Å². The third-order valence-electron chi connectivity index (χ3n) is 6.66. The SMILES string of the molecule is CCOc1cccc(CN2C(=O)C(=O)/C(=C(/O)c3cc(Cl)cc(Cl)c3OC)C2c2ccc(C(C)(C)C)cc2)c1. The minimum atomic E-state index is -0.864. The average Bonchev–Trinajstić information content (AvgIpc) is 3.13. The number of aliphatic hydroxyl groups is 1. The summed E-state index contributed by atoms with van der Waals surface area (Å²) in [4.78, 5) is 28.5. The summed E-state index contributed by atoms with van der Waals surface area (Å²) >= 11 is 12.6. The number of halogens is 2. The lowest BCUT2D eigenvalue weighted by Gasteiger charge is -2.27. The average molecular weight is 568 g/mol. The smallest absolute Gasteiger partial charge is 0.295 e. The Morgan fingerprint density at radius 3 is 2.33 bits per heavy atom. The highest BCUT2D eigenvalue weighted by Crippen LogP contribution is 2.44. The van der Waals surface area contributed by atoms with Gasteiger partial charge in [-0.1, -0.05) is 80.4 Å². The van der Waals surface area contributed by atoms with Crippen LogP contribution >= 0.6 is 23.2 Å². The molecule has 0 radical (unpaired) electrons. The predicted molar refractivity (Wildman–Crippen MR) is 154 cm³/mol. The molecule has 1 aliphatic heterocycles. The number of hydrogen-bond acceptors (Lipinski definition) is 5. The molecule has 39 heavy (non-hydrogen) atoms. The number of nitrogens with zero attached hydrogens (tertiary/aromatic N) is 1. The second kappa shape index (κ2) is 11.3. The van der Waals surface area contributed by atoms with Crippen LogP contribution in [0.4, 0.5) is 0 Å². The first kappa shape index (κ1) is 28.5. The van der Waals surface area contributed by atoms with Crippen molar-refractivity contribution in [2.45, 2.75) is 45.7 Å². The Hall–Kier alpha value is -3.48. The first-order valence-electron chi connectivity index (χ1n) is 12.6. The van der Waals surface area contributed by atoms with Crippen LogP contribution in [0.1, 0.15) is 56.0 Å². The highest BCUT2D eigenvalue weighted by Gasteiger charge is 2.46. The van der Waals surface area contributed by atoms with Crippen LogP contribution < -0.4 is 9.47 Å². The molecule has 3 aromatic carbocycles. The molecule has 4 rings (SSSR count). The van der Waals surface area contributed by atoms with Gasteiger partial charge in [0.25, 0.3) is 11.7 Å². The molecule has 0 aromatic heterocycles. The van der Waals surface area contributed by atoms with E-state index < -0.39 is 23.5 Å². The first-order chi connectivity index (χ1) is 18.5. The summed E-state index contributed by atoms with van der Waals surface area (Å²) in [7, 11) is 1.40. The summed E-state index contributed by atoms with van der Waals surface area (Å²) in [5.74, 6) is -1.14. The first-order valence-corrected chi connectivity index (χ1v) is 13.4. The maximum atomic E-state index is 13.5. The molecule has 0 aliphatic carbocycles. The molecule has 1 unspecified atom stereocenters. The van der Waals surface area contributed by atoms with Crippen LogP contribution in [0.25, 0.3) is 5.76 Å². The van der Waals surface area contributed by atoms with Crippen molar-refractivity contribution >= 4 is 40.7 Å². The molecule has 0 saturated carbocycles. The van der Waals surface area contributed by atoms with Gasteiger partial charge >= 0.3 is 0 Å². The zero-order valence-electron chi connectivity index (χ0n) is 22.5. The largest absolute Gasteiger partial charge is 0.507 e. The van der Waals surface area contributed by atoms with E-state index in [-0.39, 0.29) is 38.9 Å². The van der Waals surface area contributed by atoms with E-state index in [1.807, 2.05) is 55.5 Å². The van der Waals surface area contributed by atoms with Gasteiger partial charge in [-0.15, -0.1) is 0 Å². The number of ether oxygens (including phenoxy) is 2. The van der Waals surface area contributed by atoms with Gasteiger partial charge in [0.1, 0.15) is 17.3 Å². The number of amides is 1. The van der Waals surface area contributed by atoms with Crippen LogP contribution in [-0.4, -0.2) is 35.4 Å². The molecule has 0 bridgehead atoms. The monoisotopic (exact) mass is 567 g/mol. The fraction of sp³-hybridized carbons (Fsp3) is 0.290. The maximum Gasteiger partial charge on any atom is 0.295 e. The number of Topliss-reactive ketones (excluding diaryl/α,β-unsaturated/α-hetero) is 1. The van der Waals surface area contributed by atoms with Crippen molar-refractivity contribution in [2.75, 3.05) is 13.7 Å². The van der Waals surface area contributed by atoms with Crippen molar-refractivity contribution in [3.05, 3.63) is 98.5 Å². The predicted octanol–water partition coefficient (Wildman–Crippen LogP) is 7.32. The molecule has 1 fully saturated rings. The highest BCUT2D eigenvalue weighted by molar-refractivity contribution is 6.46. The molecule has 1 N–H and O–H groups in total. The molecule has 0 spiro atoms. The van der Waals surface area contributed by atoms with Crippen LogP contribution in [-0.2, 0) is 21.5 Å². The molecule has 204 valence electrons. The van der Waals surface area contributed by atoms with Crippen LogP contribution in [0.3, 0.4) is 0 Å². The summed E-state index contributed by atoms with van der Waals surface area (Å²) in [5, 5.41) is 12.0. The quantitative estimate of drug-likeness (QED) is 0.184. The molecular formula is C31H31Cl2NO5. The van der Waals surface area contributed by atoms with Crippen LogP contribution in [0, 0.1) is 0 Å². The van der Waals surface area contributed by atoms with Crippen molar-refractivity contribution in [3.8, 4) is 11.5 Å². The summed E-state index contributed by atoms with van der Waals surface area (Å²) in [6.07, 6.45) is 0.